The Morgan fingerprint density at radius 3 is 2.59 bits per heavy atom. The molecule has 6 heteroatoms. The predicted octanol–water partition coefficient (Wildman–Crippen LogP) is 3.87. The minimum absolute atomic E-state index is 0.0351. The van der Waals surface area contributed by atoms with Crippen LogP contribution in [0.25, 0.3) is 22.0 Å². The molecule has 4 nitrogen and oxygen atoms in total. The molecule has 3 aromatic rings. The van der Waals surface area contributed by atoms with Crippen molar-refractivity contribution in [1.29, 1.82) is 0 Å². The molecule has 0 unspecified atom stereocenters. The molecule has 3 rings (SSSR count). The molecule has 0 spiro atoms. The van der Waals surface area contributed by atoms with Gasteiger partial charge >= 0.3 is 0 Å². The maximum atomic E-state index is 13.3. The van der Waals surface area contributed by atoms with Crippen molar-refractivity contribution in [3.63, 3.8) is 0 Å². The highest BCUT2D eigenvalue weighted by Gasteiger charge is 2.10. The van der Waals surface area contributed by atoms with Crippen LogP contribution < -0.4 is 16.2 Å². The molecule has 0 radical (unpaired) electrons. The summed E-state index contributed by atoms with van der Waals surface area (Å²) in [6, 6.07) is 9.75. The van der Waals surface area contributed by atoms with E-state index in [1.165, 1.54) is 12.1 Å². The van der Waals surface area contributed by atoms with Crippen molar-refractivity contribution in [3.05, 3.63) is 47.2 Å². The second-order valence-electron chi connectivity index (χ2n) is 4.84. The van der Waals surface area contributed by atoms with Gasteiger partial charge in [-0.3, -0.25) is 0 Å². The van der Waals surface area contributed by atoms with E-state index in [-0.39, 0.29) is 5.02 Å². The van der Waals surface area contributed by atoms with Crippen LogP contribution in [-0.2, 0) is 0 Å². The van der Waals surface area contributed by atoms with Crippen molar-refractivity contribution in [2.75, 3.05) is 18.6 Å². The van der Waals surface area contributed by atoms with Crippen LogP contribution in [-0.4, -0.2) is 12.1 Å². The topological polar surface area (TPSA) is 74.2 Å². The summed E-state index contributed by atoms with van der Waals surface area (Å²) in [5, 5.41) is 1.59. The number of hydrogen-bond donors (Lipinski definition) is 2. The number of rotatable bonds is 2. The summed E-state index contributed by atoms with van der Waals surface area (Å²) >= 11 is 5.82. The lowest BCUT2D eigenvalue weighted by Crippen LogP contribution is -1.98. The number of ether oxygens (including phenoxy) is 1. The van der Waals surface area contributed by atoms with E-state index in [2.05, 4.69) is 4.98 Å². The van der Waals surface area contributed by atoms with E-state index in [1.807, 2.05) is 6.07 Å². The number of hydrogen-bond acceptors (Lipinski definition) is 4. The Kier molecular flexibility index (Phi) is 3.50. The minimum Gasteiger partial charge on any atom is -0.495 e. The Hall–Kier alpha value is -2.53. The van der Waals surface area contributed by atoms with Gasteiger partial charge in [0.05, 0.1) is 23.5 Å². The van der Waals surface area contributed by atoms with Crippen LogP contribution in [0.4, 0.5) is 15.9 Å². The summed E-state index contributed by atoms with van der Waals surface area (Å²) in [5.41, 5.74) is 13.7. The number of aromatic nitrogens is 1. The van der Waals surface area contributed by atoms with Crippen LogP contribution in [0.3, 0.4) is 0 Å². The van der Waals surface area contributed by atoms with E-state index in [9.17, 15) is 4.39 Å². The lowest BCUT2D eigenvalue weighted by Gasteiger charge is -2.10. The van der Waals surface area contributed by atoms with E-state index in [0.717, 1.165) is 10.8 Å². The number of methoxy groups -OCH3 is 1. The third kappa shape index (κ3) is 2.40. The zero-order valence-corrected chi connectivity index (χ0v) is 12.5. The molecule has 0 bridgehead atoms. The predicted molar refractivity (Wildman–Crippen MR) is 87.5 cm³/mol. The number of pyridine rings is 1. The zero-order chi connectivity index (χ0) is 15.9. The molecule has 22 heavy (non-hydrogen) atoms. The molecule has 0 amide bonds. The second-order valence-corrected chi connectivity index (χ2v) is 5.24. The van der Waals surface area contributed by atoms with Gasteiger partial charge in [-0.05, 0) is 41.8 Å². The Labute approximate surface area is 131 Å². The van der Waals surface area contributed by atoms with Crippen molar-refractivity contribution >= 4 is 33.9 Å². The van der Waals surface area contributed by atoms with Crippen LogP contribution in [0, 0.1) is 5.82 Å². The van der Waals surface area contributed by atoms with E-state index >= 15 is 0 Å². The van der Waals surface area contributed by atoms with Gasteiger partial charge in [-0.2, -0.15) is 0 Å². The average molecular weight is 318 g/mol. The first-order chi connectivity index (χ1) is 10.5. The van der Waals surface area contributed by atoms with Gasteiger partial charge in [-0.15, -0.1) is 0 Å². The minimum atomic E-state index is -0.478. The van der Waals surface area contributed by atoms with Crippen LogP contribution in [0.2, 0.25) is 5.02 Å². The molecule has 0 aliphatic rings. The van der Waals surface area contributed by atoms with Crippen molar-refractivity contribution in [2.24, 2.45) is 0 Å². The first-order valence-corrected chi connectivity index (χ1v) is 6.86. The lowest BCUT2D eigenvalue weighted by molar-refractivity contribution is 0.417. The molecule has 1 heterocycles. The highest BCUT2D eigenvalue weighted by atomic mass is 35.5. The second kappa shape index (κ2) is 5.35. The van der Waals surface area contributed by atoms with Crippen molar-refractivity contribution in [3.8, 4) is 17.0 Å². The fraction of sp³-hybridized carbons (Fsp3) is 0.0625. The Morgan fingerprint density at radius 1 is 1.14 bits per heavy atom. The van der Waals surface area contributed by atoms with Gasteiger partial charge in [-0.1, -0.05) is 11.6 Å². The molecule has 0 aliphatic carbocycles. The SMILES string of the molecule is COc1cc2cc(-c3ccc(F)c(Cl)c3)nc(N)c2cc1N. The first kappa shape index (κ1) is 14.4. The molecule has 2 aromatic carbocycles. The van der Waals surface area contributed by atoms with Crippen LogP contribution in [0.5, 0.6) is 5.75 Å². The summed E-state index contributed by atoms with van der Waals surface area (Å²) in [6.07, 6.45) is 0. The molecule has 0 atom stereocenters. The normalized spacial score (nSPS) is 10.9. The standard InChI is InChI=1S/C16H13ClFN3O/c1-22-15-6-9-5-14(8-2-3-12(18)11(17)4-8)21-16(20)10(9)7-13(15)19/h2-7H,19H2,1H3,(H2,20,21). The summed E-state index contributed by atoms with van der Waals surface area (Å²) in [5.74, 6) is 0.414. The molecule has 0 saturated carbocycles. The summed E-state index contributed by atoms with van der Waals surface area (Å²) in [6.45, 7) is 0. The number of anilines is 2. The summed E-state index contributed by atoms with van der Waals surface area (Å²) < 4.78 is 18.5. The smallest absolute Gasteiger partial charge is 0.142 e. The molecule has 112 valence electrons. The van der Waals surface area contributed by atoms with Crippen LogP contribution in [0.1, 0.15) is 0 Å². The monoisotopic (exact) mass is 317 g/mol. The molecular formula is C16H13ClFN3O. The van der Waals surface area contributed by atoms with Gasteiger partial charge in [0.25, 0.3) is 0 Å². The Morgan fingerprint density at radius 2 is 1.91 bits per heavy atom. The van der Waals surface area contributed by atoms with E-state index in [1.54, 1.807) is 25.3 Å². The number of fused-ring (bicyclic) bond motifs is 1. The molecule has 0 aliphatic heterocycles. The maximum Gasteiger partial charge on any atom is 0.142 e. The van der Waals surface area contributed by atoms with Crippen molar-refractivity contribution < 1.29 is 9.13 Å². The zero-order valence-electron chi connectivity index (χ0n) is 11.7. The van der Waals surface area contributed by atoms with Crippen molar-refractivity contribution in [2.45, 2.75) is 0 Å². The summed E-state index contributed by atoms with van der Waals surface area (Å²) in [4.78, 5) is 4.34. The fourth-order valence-electron chi connectivity index (χ4n) is 2.30. The molecule has 0 saturated heterocycles. The van der Waals surface area contributed by atoms with E-state index < -0.39 is 5.82 Å². The Bertz CT molecular complexity index is 883. The van der Waals surface area contributed by atoms with Gasteiger partial charge in [0.2, 0.25) is 0 Å². The Balaban J connectivity index is 2.23. The highest BCUT2D eigenvalue weighted by Crippen LogP contribution is 2.33. The van der Waals surface area contributed by atoms with Gasteiger partial charge < -0.3 is 16.2 Å². The van der Waals surface area contributed by atoms with Gasteiger partial charge in [-0.25, -0.2) is 9.37 Å². The number of nitrogens with two attached hydrogens (primary N) is 2. The number of nitrogen functional groups attached to an aromatic ring is 2. The number of nitrogens with zero attached hydrogens (tertiary/aromatic N) is 1. The summed E-state index contributed by atoms with van der Waals surface area (Å²) in [7, 11) is 1.54. The fourth-order valence-corrected chi connectivity index (χ4v) is 2.48. The number of halogens is 2. The van der Waals surface area contributed by atoms with E-state index in [0.29, 0.717) is 28.5 Å². The molecule has 1 aromatic heterocycles. The lowest BCUT2D eigenvalue weighted by atomic mass is 10.1. The maximum absolute atomic E-state index is 13.3. The first-order valence-electron chi connectivity index (χ1n) is 6.48. The largest absolute Gasteiger partial charge is 0.495 e. The van der Waals surface area contributed by atoms with Gasteiger partial charge in [0.15, 0.2) is 0 Å². The average Bonchev–Trinajstić information content (AvgIpc) is 2.50. The molecule has 4 N–H and O–H groups in total. The van der Waals surface area contributed by atoms with Crippen LogP contribution >= 0.6 is 11.6 Å². The third-order valence-electron chi connectivity index (χ3n) is 3.43. The van der Waals surface area contributed by atoms with Crippen molar-refractivity contribution in [1.82, 2.24) is 4.98 Å². The third-order valence-corrected chi connectivity index (χ3v) is 3.72. The molecule has 0 fully saturated rings. The van der Waals surface area contributed by atoms with Gasteiger partial charge in [0, 0.05) is 10.9 Å². The quantitative estimate of drug-likeness (QED) is 0.704. The number of benzene rings is 2. The van der Waals surface area contributed by atoms with Crippen LogP contribution in [0.15, 0.2) is 36.4 Å². The van der Waals surface area contributed by atoms with E-state index in [4.69, 9.17) is 27.8 Å². The molecular weight excluding hydrogens is 305 g/mol. The van der Waals surface area contributed by atoms with Gasteiger partial charge in [0.1, 0.15) is 17.4 Å². The highest BCUT2D eigenvalue weighted by molar-refractivity contribution is 6.31.